The predicted molar refractivity (Wildman–Crippen MR) is 99.8 cm³/mol. The number of carbonyl (C=O) groups excluding carboxylic acids is 1. The molecule has 0 saturated carbocycles. The highest BCUT2D eigenvalue weighted by Crippen LogP contribution is 2.29. The fourth-order valence-electron chi connectivity index (χ4n) is 2.18. The van der Waals surface area contributed by atoms with Crippen LogP contribution in [0, 0.1) is 17.0 Å². The lowest BCUT2D eigenvalue weighted by atomic mass is 10.1. The summed E-state index contributed by atoms with van der Waals surface area (Å²) in [6, 6.07) is 11.5. The van der Waals surface area contributed by atoms with Crippen molar-refractivity contribution in [2.75, 3.05) is 5.32 Å². The van der Waals surface area contributed by atoms with Crippen molar-refractivity contribution >= 4 is 37.9 Å². The van der Waals surface area contributed by atoms with Crippen LogP contribution in [0.15, 0.2) is 63.8 Å². The zero-order chi connectivity index (χ0) is 19.6. The molecule has 0 aliphatic heterocycles. The molecule has 0 aliphatic carbocycles. The van der Waals surface area contributed by atoms with Gasteiger partial charge in [0, 0.05) is 17.7 Å². The molecule has 0 fully saturated rings. The van der Waals surface area contributed by atoms with Crippen molar-refractivity contribution in [1.29, 1.82) is 0 Å². The molecule has 0 unspecified atom stereocenters. The molecule has 0 spiro atoms. The van der Waals surface area contributed by atoms with Gasteiger partial charge in [0.25, 0.3) is 11.6 Å². The first kappa shape index (κ1) is 18.7. The number of nitrogens with one attached hydrogen (secondary N) is 1. The van der Waals surface area contributed by atoms with E-state index in [4.69, 9.17) is 0 Å². The van der Waals surface area contributed by atoms with E-state index in [1.54, 1.807) is 24.3 Å². The van der Waals surface area contributed by atoms with Gasteiger partial charge < -0.3 is 0 Å². The first-order valence-corrected chi connectivity index (χ1v) is 9.91. The monoisotopic (exact) mass is 403 g/mol. The van der Waals surface area contributed by atoms with E-state index < -0.39 is 20.7 Å². The first-order valence-electron chi connectivity index (χ1n) is 7.61. The second-order valence-corrected chi connectivity index (χ2v) is 8.77. The topological polar surface area (TPSA) is 119 Å². The number of nitrogens with zero attached hydrogens (tertiary/aromatic N) is 2. The molecule has 3 rings (SSSR count). The summed E-state index contributed by atoms with van der Waals surface area (Å²) < 4.78 is 25.1. The van der Waals surface area contributed by atoms with Gasteiger partial charge in [-0.3, -0.25) is 20.2 Å². The van der Waals surface area contributed by atoms with Crippen molar-refractivity contribution in [3.63, 3.8) is 0 Å². The van der Waals surface area contributed by atoms with Gasteiger partial charge in [-0.25, -0.2) is 13.4 Å². The van der Waals surface area contributed by atoms with Crippen molar-refractivity contribution in [2.24, 2.45) is 0 Å². The number of non-ortho nitro benzene ring substituents is 1. The Morgan fingerprint density at radius 1 is 1.11 bits per heavy atom. The van der Waals surface area contributed by atoms with Crippen LogP contribution < -0.4 is 5.32 Å². The molecule has 1 N–H and O–H groups in total. The summed E-state index contributed by atoms with van der Waals surface area (Å²) in [5.41, 5.74) is 1.23. The van der Waals surface area contributed by atoms with Gasteiger partial charge in [-0.05, 0) is 31.2 Å². The number of sulfone groups is 1. The third-order valence-electron chi connectivity index (χ3n) is 3.64. The first-order chi connectivity index (χ1) is 12.8. The molecule has 0 saturated heterocycles. The van der Waals surface area contributed by atoms with Crippen LogP contribution in [-0.2, 0) is 9.84 Å². The summed E-state index contributed by atoms with van der Waals surface area (Å²) in [5, 5.41) is 13.4. The second kappa shape index (κ2) is 7.25. The highest BCUT2D eigenvalue weighted by molar-refractivity contribution is 7.93. The molecule has 1 aromatic heterocycles. The normalized spacial score (nSPS) is 11.1. The Hall–Kier alpha value is -3.11. The van der Waals surface area contributed by atoms with E-state index in [2.05, 4.69) is 10.3 Å². The maximum Gasteiger partial charge on any atom is 0.269 e. The van der Waals surface area contributed by atoms with E-state index in [0.717, 1.165) is 47.4 Å². The molecule has 3 aromatic rings. The van der Waals surface area contributed by atoms with Crippen molar-refractivity contribution in [3.8, 4) is 0 Å². The zero-order valence-electron chi connectivity index (χ0n) is 13.9. The van der Waals surface area contributed by atoms with Crippen molar-refractivity contribution in [1.82, 2.24) is 4.98 Å². The standard InChI is InChI=1S/C17H13N3O5S2/c1-11-2-4-12(5-3-11)16(21)19-17-18-10-15(26-17)27(24,25)14-8-6-13(7-9-14)20(22)23/h2-10H,1H3,(H,18,19,21). The highest BCUT2D eigenvalue weighted by Gasteiger charge is 2.22. The number of benzene rings is 2. The molecule has 0 atom stereocenters. The highest BCUT2D eigenvalue weighted by atomic mass is 32.2. The molecular weight excluding hydrogens is 390 g/mol. The van der Waals surface area contributed by atoms with E-state index in [-0.39, 0.29) is 19.9 Å². The van der Waals surface area contributed by atoms with E-state index in [9.17, 15) is 23.3 Å². The van der Waals surface area contributed by atoms with Crippen molar-refractivity contribution in [3.05, 3.63) is 76.0 Å². The van der Waals surface area contributed by atoms with Crippen LogP contribution in [0.3, 0.4) is 0 Å². The summed E-state index contributed by atoms with van der Waals surface area (Å²) in [7, 11) is -3.88. The lowest BCUT2D eigenvalue weighted by Crippen LogP contribution is -2.11. The minimum Gasteiger partial charge on any atom is -0.298 e. The largest absolute Gasteiger partial charge is 0.298 e. The summed E-state index contributed by atoms with van der Waals surface area (Å²) in [6.45, 7) is 1.90. The van der Waals surface area contributed by atoms with E-state index in [1.807, 2.05) is 6.92 Å². The summed E-state index contributed by atoms with van der Waals surface area (Å²) in [5.74, 6) is -0.399. The average molecular weight is 403 g/mol. The Bertz CT molecular complexity index is 1100. The number of hydrogen-bond acceptors (Lipinski definition) is 7. The number of rotatable bonds is 5. The quantitative estimate of drug-likeness (QED) is 0.515. The number of anilines is 1. The smallest absolute Gasteiger partial charge is 0.269 e. The number of amides is 1. The van der Waals surface area contributed by atoms with Gasteiger partial charge in [-0.15, -0.1) is 0 Å². The van der Waals surface area contributed by atoms with Gasteiger partial charge in [-0.1, -0.05) is 29.0 Å². The van der Waals surface area contributed by atoms with Gasteiger partial charge in [0.2, 0.25) is 9.84 Å². The molecule has 0 bridgehead atoms. The Kier molecular flexibility index (Phi) is 5.02. The molecule has 8 nitrogen and oxygen atoms in total. The Balaban J connectivity index is 1.80. The molecular formula is C17H13N3O5S2. The second-order valence-electron chi connectivity index (χ2n) is 5.56. The number of nitro groups is 1. The van der Waals surface area contributed by atoms with Crippen LogP contribution in [0.5, 0.6) is 0 Å². The molecule has 2 aromatic carbocycles. The Morgan fingerprint density at radius 2 is 1.74 bits per heavy atom. The van der Waals surface area contributed by atoms with Crippen LogP contribution in [-0.4, -0.2) is 24.2 Å². The predicted octanol–water partition coefficient (Wildman–Crippen LogP) is 3.44. The minimum absolute atomic E-state index is 0.0736. The maximum atomic E-state index is 12.6. The lowest BCUT2D eigenvalue weighted by Gasteiger charge is -2.02. The fourth-order valence-corrected chi connectivity index (χ4v) is 4.61. The molecule has 138 valence electrons. The molecule has 0 aliphatic rings. The SMILES string of the molecule is Cc1ccc(C(=O)Nc2ncc(S(=O)(=O)c3ccc([N+](=O)[O-])cc3)s2)cc1. The number of hydrogen-bond donors (Lipinski definition) is 1. The van der Waals surface area contributed by atoms with Crippen molar-refractivity contribution < 1.29 is 18.1 Å². The average Bonchev–Trinajstić information content (AvgIpc) is 3.11. The summed E-state index contributed by atoms with van der Waals surface area (Å²) in [6.07, 6.45) is 1.15. The molecule has 0 radical (unpaired) electrons. The molecule has 1 amide bonds. The zero-order valence-corrected chi connectivity index (χ0v) is 15.6. The number of aryl methyl sites for hydroxylation is 1. The van der Waals surface area contributed by atoms with Crippen molar-refractivity contribution in [2.45, 2.75) is 16.0 Å². The van der Waals surface area contributed by atoms with Gasteiger partial charge in [0.15, 0.2) is 5.13 Å². The van der Waals surface area contributed by atoms with E-state index >= 15 is 0 Å². The van der Waals surface area contributed by atoms with Crippen LogP contribution >= 0.6 is 11.3 Å². The van der Waals surface area contributed by atoms with Crippen LogP contribution in [0.2, 0.25) is 0 Å². The third-order valence-corrected chi connectivity index (χ3v) is 6.78. The van der Waals surface area contributed by atoms with E-state index in [0.29, 0.717) is 5.56 Å². The van der Waals surface area contributed by atoms with Crippen LogP contribution in [0.1, 0.15) is 15.9 Å². The minimum atomic E-state index is -3.88. The summed E-state index contributed by atoms with van der Waals surface area (Å²) >= 11 is 0.806. The van der Waals surface area contributed by atoms with E-state index in [1.165, 1.54) is 0 Å². The number of aromatic nitrogens is 1. The maximum absolute atomic E-state index is 12.6. The number of thiazole rings is 1. The Labute approximate surface area is 158 Å². The lowest BCUT2D eigenvalue weighted by molar-refractivity contribution is -0.384. The molecule has 1 heterocycles. The molecule has 10 heteroatoms. The van der Waals surface area contributed by atoms with Gasteiger partial charge in [0.05, 0.1) is 16.0 Å². The Morgan fingerprint density at radius 3 is 2.33 bits per heavy atom. The fraction of sp³-hybridized carbons (Fsp3) is 0.0588. The number of carbonyl (C=O) groups is 1. The molecule has 27 heavy (non-hydrogen) atoms. The van der Waals surface area contributed by atoms with Crippen LogP contribution in [0.25, 0.3) is 0 Å². The van der Waals surface area contributed by atoms with Gasteiger partial charge >= 0.3 is 0 Å². The third kappa shape index (κ3) is 4.01. The van der Waals surface area contributed by atoms with Gasteiger partial charge in [-0.2, -0.15) is 0 Å². The van der Waals surface area contributed by atoms with Gasteiger partial charge in [0.1, 0.15) is 4.21 Å². The van der Waals surface area contributed by atoms with Crippen LogP contribution in [0.4, 0.5) is 10.8 Å². The summed E-state index contributed by atoms with van der Waals surface area (Å²) in [4.78, 5) is 26.1. The number of nitro benzene ring substituents is 1.